The fourth-order valence-corrected chi connectivity index (χ4v) is 7.98. The van der Waals surface area contributed by atoms with Gasteiger partial charge >= 0.3 is 0 Å². The summed E-state index contributed by atoms with van der Waals surface area (Å²) in [6.07, 6.45) is 14.9. The fraction of sp³-hybridized carbons (Fsp3) is 0.436. The Morgan fingerprint density at radius 2 is 1.18 bits per heavy atom. The molecule has 39 heavy (non-hydrogen) atoms. The third-order valence-corrected chi connectivity index (χ3v) is 10.0. The van der Waals surface area contributed by atoms with Crippen molar-refractivity contribution in [3.8, 4) is 11.1 Å². The van der Waals surface area contributed by atoms with Crippen LogP contribution in [0.3, 0.4) is 0 Å². The van der Waals surface area contributed by atoms with Crippen molar-refractivity contribution >= 4 is 0 Å². The summed E-state index contributed by atoms with van der Waals surface area (Å²) in [5.74, 6) is 0.934. The molecule has 0 saturated heterocycles. The second-order valence-corrected chi connectivity index (χ2v) is 14.4. The quantitative estimate of drug-likeness (QED) is 0.325. The van der Waals surface area contributed by atoms with Gasteiger partial charge in [-0.25, -0.2) is 0 Å². The first-order valence-corrected chi connectivity index (χ1v) is 15.3. The molecule has 0 aromatic heterocycles. The van der Waals surface area contributed by atoms with Crippen molar-refractivity contribution in [2.45, 2.75) is 102 Å². The molecule has 3 aliphatic rings. The third-order valence-electron chi connectivity index (χ3n) is 10.0. The highest BCUT2D eigenvalue weighted by Gasteiger charge is 2.53. The van der Waals surface area contributed by atoms with Crippen molar-refractivity contribution < 1.29 is 0 Å². The van der Waals surface area contributed by atoms with Gasteiger partial charge in [0.05, 0.1) is 0 Å². The number of benzene rings is 3. The zero-order valence-electron chi connectivity index (χ0n) is 25.0. The molecule has 0 aliphatic heterocycles. The molecule has 0 amide bonds. The first-order valence-electron chi connectivity index (χ1n) is 15.3. The summed E-state index contributed by atoms with van der Waals surface area (Å²) < 4.78 is 0. The molecule has 3 aliphatic carbocycles. The summed E-state index contributed by atoms with van der Waals surface area (Å²) in [6.45, 7) is 14.2. The molecule has 0 heteroatoms. The first-order chi connectivity index (χ1) is 18.6. The molecule has 1 unspecified atom stereocenters. The summed E-state index contributed by atoms with van der Waals surface area (Å²) in [5.41, 5.74) is 12.2. The molecule has 1 fully saturated rings. The SMILES string of the molecule is CC(C)(C)c1ccc2c(c1)C(C(C1=CC=CC1)(c1ccccc1)C1CCCCC1)c1cc(C(C)(C)C)ccc1-2. The van der Waals surface area contributed by atoms with Crippen LogP contribution in [0, 0.1) is 5.92 Å². The average Bonchev–Trinajstić information content (AvgIpc) is 3.57. The Morgan fingerprint density at radius 1 is 0.615 bits per heavy atom. The van der Waals surface area contributed by atoms with Gasteiger partial charge in [-0.2, -0.15) is 0 Å². The molecule has 3 aromatic rings. The standard InChI is InChI=1S/C39H46/c1-37(2,3)30-21-23-32-33-24-22-31(38(4,5)6)26-35(33)36(34(32)25-30)39(29-19-13-14-20-29,27-15-9-7-10-16-27)28-17-11-8-12-18-28/h7,9-10,13-16,19,21-26,28,36H,8,11-12,17-18,20H2,1-6H3. The lowest BCUT2D eigenvalue weighted by atomic mass is 9.53. The fourth-order valence-electron chi connectivity index (χ4n) is 7.98. The molecule has 0 N–H and O–H groups in total. The topological polar surface area (TPSA) is 0 Å². The van der Waals surface area contributed by atoms with Crippen LogP contribution in [-0.2, 0) is 16.2 Å². The van der Waals surface area contributed by atoms with Crippen LogP contribution >= 0.6 is 0 Å². The van der Waals surface area contributed by atoms with E-state index >= 15 is 0 Å². The van der Waals surface area contributed by atoms with Crippen molar-refractivity contribution in [3.63, 3.8) is 0 Å². The predicted octanol–water partition coefficient (Wildman–Crippen LogP) is 10.8. The second kappa shape index (κ2) is 9.65. The van der Waals surface area contributed by atoms with Crippen LogP contribution in [0.25, 0.3) is 11.1 Å². The van der Waals surface area contributed by atoms with E-state index in [9.17, 15) is 0 Å². The van der Waals surface area contributed by atoms with E-state index < -0.39 is 0 Å². The molecule has 1 atom stereocenters. The van der Waals surface area contributed by atoms with Crippen LogP contribution in [0.15, 0.2) is 90.5 Å². The smallest absolute Gasteiger partial charge is 0.0305 e. The van der Waals surface area contributed by atoms with Crippen LogP contribution in [0.1, 0.15) is 114 Å². The summed E-state index contributed by atoms with van der Waals surface area (Å²) in [7, 11) is 0. The maximum Gasteiger partial charge on any atom is 0.0305 e. The third kappa shape index (κ3) is 4.35. The summed E-state index contributed by atoms with van der Waals surface area (Å²) >= 11 is 0. The van der Waals surface area contributed by atoms with E-state index in [1.165, 1.54) is 59.9 Å². The summed E-state index contributed by atoms with van der Waals surface area (Å²) in [4.78, 5) is 0. The Bertz CT molecular complexity index is 1350. The Balaban J connectivity index is 1.71. The monoisotopic (exact) mass is 514 g/mol. The Morgan fingerprint density at radius 3 is 1.67 bits per heavy atom. The van der Waals surface area contributed by atoms with E-state index in [1.54, 1.807) is 16.7 Å². The first kappa shape index (κ1) is 26.4. The van der Waals surface area contributed by atoms with Crippen LogP contribution in [-0.4, -0.2) is 0 Å². The highest BCUT2D eigenvalue weighted by atomic mass is 14.6. The van der Waals surface area contributed by atoms with Crippen molar-refractivity contribution in [2.75, 3.05) is 0 Å². The number of hydrogen-bond donors (Lipinski definition) is 0. The lowest BCUT2D eigenvalue weighted by Crippen LogP contribution is -2.44. The molecule has 1 saturated carbocycles. The number of rotatable bonds is 4. The highest BCUT2D eigenvalue weighted by molar-refractivity contribution is 5.82. The van der Waals surface area contributed by atoms with Crippen LogP contribution < -0.4 is 0 Å². The van der Waals surface area contributed by atoms with E-state index in [1.807, 2.05) is 0 Å². The Kier molecular flexibility index (Phi) is 6.53. The zero-order chi connectivity index (χ0) is 27.4. The van der Waals surface area contributed by atoms with Gasteiger partial charge in [-0.3, -0.25) is 0 Å². The highest BCUT2D eigenvalue weighted by Crippen LogP contribution is 2.63. The molecule has 0 nitrogen and oxygen atoms in total. The van der Waals surface area contributed by atoms with E-state index in [0.717, 1.165) is 6.42 Å². The molecule has 202 valence electrons. The van der Waals surface area contributed by atoms with E-state index in [2.05, 4.69) is 127 Å². The van der Waals surface area contributed by atoms with Gasteiger partial charge in [0.15, 0.2) is 0 Å². The van der Waals surface area contributed by atoms with Crippen LogP contribution in [0.5, 0.6) is 0 Å². The lowest BCUT2D eigenvalue weighted by molar-refractivity contribution is 0.213. The molecular formula is C39H46. The molecule has 0 heterocycles. The molecular weight excluding hydrogens is 468 g/mol. The van der Waals surface area contributed by atoms with E-state index in [-0.39, 0.29) is 16.2 Å². The van der Waals surface area contributed by atoms with E-state index in [0.29, 0.717) is 11.8 Å². The molecule has 6 rings (SSSR count). The Hall–Kier alpha value is -2.86. The van der Waals surface area contributed by atoms with Gasteiger partial charge in [-0.15, -0.1) is 0 Å². The molecule has 0 spiro atoms. The van der Waals surface area contributed by atoms with Crippen molar-refractivity contribution in [1.29, 1.82) is 0 Å². The number of hydrogen-bond acceptors (Lipinski definition) is 0. The van der Waals surface area contributed by atoms with Gasteiger partial charge in [-0.05, 0) is 75.0 Å². The van der Waals surface area contributed by atoms with Crippen molar-refractivity contribution in [1.82, 2.24) is 0 Å². The maximum atomic E-state index is 2.60. The van der Waals surface area contributed by atoms with Gasteiger partial charge < -0.3 is 0 Å². The second-order valence-electron chi connectivity index (χ2n) is 14.4. The average molecular weight is 515 g/mol. The van der Waals surface area contributed by atoms with Gasteiger partial charge in [0.25, 0.3) is 0 Å². The van der Waals surface area contributed by atoms with Gasteiger partial charge in [0.1, 0.15) is 0 Å². The van der Waals surface area contributed by atoms with Gasteiger partial charge in [0, 0.05) is 11.3 Å². The van der Waals surface area contributed by atoms with Crippen LogP contribution in [0.2, 0.25) is 0 Å². The van der Waals surface area contributed by atoms with E-state index in [4.69, 9.17) is 0 Å². The zero-order valence-corrected chi connectivity index (χ0v) is 25.0. The van der Waals surface area contributed by atoms with Gasteiger partial charge in [-0.1, -0.05) is 151 Å². The summed E-state index contributed by atoms with van der Waals surface area (Å²) in [5, 5.41) is 0. The van der Waals surface area contributed by atoms with Gasteiger partial charge in [0.2, 0.25) is 0 Å². The predicted molar refractivity (Wildman–Crippen MR) is 168 cm³/mol. The molecule has 0 radical (unpaired) electrons. The summed E-state index contributed by atoms with van der Waals surface area (Å²) in [6, 6.07) is 26.5. The molecule has 3 aromatic carbocycles. The van der Waals surface area contributed by atoms with Crippen LogP contribution in [0.4, 0.5) is 0 Å². The minimum absolute atomic E-state index is 0.0573. The Labute approximate surface area is 237 Å². The minimum Gasteiger partial charge on any atom is -0.0804 e. The minimum atomic E-state index is -0.0573. The number of allylic oxidation sites excluding steroid dienone is 4. The lowest BCUT2D eigenvalue weighted by Gasteiger charge is -2.50. The largest absolute Gasteiger partial charge is 0.0804 e. The maximum absolute atomic E-state index is 2.60. The van der Waals surface area contributed by atoms with Crippen molar-refractivity contribution in [3.05, 3.63) is 118 Å². The number of fused-ring (bicyclic) bond motifs is 3. The van der Waals surface area contributed by atoms with Crippen molar-refractivity contribution in [2.24, 2.45) is 5.92 Å². The normalized spacial score (nSPS) is 19.5. The molecule has 0 bridgehead atoms.